The predicted octanol–water partition coefficient (Wildman–Crippen LogP) is 16.7. The number of nitrogens with one attached hydrogen (secondary N) is 4. The molecule has 0 spiro atoms. The molecule has 9 rings (SSSR count). The summed E-state index contributed by atoms with van der Waals surface area (Å²) < 4.78 is 10.7. The second-order valence-corrected chi connectivity index (χ2v) is 16.6. The highest BCUT2D eigenvalue weighted by Crippen LogP contribution is 2.33. The first-order chi connectivity index (χ1) is 38.3. The molecule has 0 radical (unpaired) electrons. The number of anilines is 4. The summed E-state index contributed by atoms with van der Waals surface area (Å²) in [7, 11) is 0. The molecule has 0 aliphatic rings. The van der Waals surface area contributed by atoms with E-state index in [0.29, 0.717) is 68.2 Å². The number of para-hydroxylation sites is 4. The Kier molecular flexibility index (Phi) is 17.3. The van der Waals surface area contributed by atoms with Crippen LogP contribution in [0.5, 0.6) is 0 Å². The van der Waals surface area contributed by atoms with Crippen molar-refractivity contribution < 1.29 is 28.7 Å². The van der Waals surface area contributed by atoms with E-state index >= 15 is 0 Å². The summed E-state index contributed by atoms with van der Waals surface area (Å²) >= 11 is 0. The van der Waals surface area contributed by atoms with Gasteiger partial charge in [0.2, 0.25) is 0 Å². The molecule has 78 heavy (non-hydrogen) atoms. The maximum Gasteiger partial charge on any atom is 0.412 e. The van der Waals surface area contributed by atoms with Gasteiger partial charge in [-0.05, 0) is 108 Å². The second kappa shape index (κ2) is 26.1. The molecule has 0 atom stereocenters. The molecule has 0 fully saturated rings. The third-order valence-corrected chi connectivity index (χ3v) is 11.0. The number of rotatable bonds is 18. The third kappa shape index (κ3) is 15.0. The van der Waals surface area contributed by atoms with Crippen molar-refractivity contribution in [2.24, 2.45) is 40.9 Å². The topological polar surface area (TPSA) is 247 Å². The first kappa shape index (κ1) is 51.7. The minimum Gasteiger partial charge on any atom is -0.444 e. The van der Waals surface area contributed by atoms with Crippen LogP contribution in [-0.2, 0) is 22.7 Å². The molecule has 0 bridgehead atoms. The van der Waals surface area contributed by atoms with Gasteiger partial charge in [0.25, 0.3) is 11.8 Å². The van der Waals surface area contributed by atoms with Crippen molar-refractivity contribution in [3.63, 3.8) is 0 Å². The Morgan fingerprint density at radius 2 is 0.615 bits per heavy atom. The molecule has 19 nitrogen and oxygen atoms in total. The maximum atomic E-state index is 13.6. The van der Waals surface area contributed by atoms with E-state index in [1.165, 1.54) is 12.1 Å². The number of carbonyl (C=O) groups is 4. The van der Waals surface area contributed by atoms with E-state index in [1.807, 2.05) is 60.7 Å². The molecular weight excluding hydrogens is 987 g/mol. The van der Waals surface area contributed by atoms with Gasteiger partial charge in [0.05, 0.1) is 45.5 Å². The van der Waals surface area contributed by atoms with E-state index in [2.05, 4.69) is 67.2 Å². The van der Waals surface area contributed by atoms with Crippen LogP contribution in [0.1, 0.15) is 32.1 Å². The summed E-state index contributed by atoms with van der Waals surface area (Å²) in [5, 5.41) is 46.1. The van der Waals surface area contributed by atoms with Crippen molar-refractivity contribution in [1.29, 1.82) is 0 Å². The summed E-state index contributed by atoms with van der Waals surface area (Å²) in [5.41, 5.74) is 6.53. The first-order valence-electron chi connectivity index (χ1n) is 24.1. The highest BCUT2D eigenvalue weighted by molar-refractivity contribution is 6.07. The van der Waals surface area contributed by atoms with Gasteiger partial charge >= 0.3 is 12.2 Å². The lowest BCUT2D eigenvalue weighted by atomic mass is 10.2. The summed E-state index contributed by atoms with van der Waals surface area (Å²) in [5.74, 6) is -1.19. The Balaban J connectivity index is 0.800. The smallest absolute Gasteiger partial charge is 0.412 e. The van der Waals surface area contributed by atoms with Crippen molar-refractivity contribution in [1.82, 2.24) is 4.98 Å². The summed E-state index contributed by atoms with van der Waals surface area (Å²) in [6.07, 6.45) is -1.27. The fourth-order valence-corrected chi connectivity index (χ4v) is 7.15. The van der Waals surface area contributed by atoms with E-state index in [0.717, 1.165) is 11.1 Å². The number of aromatic nitrogens is 1. The van der Waals surface area contributed by atoms with Crippen molar-refractivity contribution >= 4 is 92.2 Å². The number of pyridine rings is 1. The van der Waals surface area contributed by atoms with E-state index in [-0.39, 0.29) is 24.6 Å². The van der Waals surface area contributed by atoms with Crippen LogP contribution >= 0.6 is 0 Å². The standard InChI is InChI=1S/C59H45N13O6/c73-56(61-46-26-7-11-30-50(46)69-65-42-22-15-24-44(36-42)67-71-52-32-13-9-28-48(52)63-58(75)77-38-40-18-3-1-4-19-40)54-34-17-35-55(60-54)57(74)62-47-27-8-12-31-51(47)70-66-43-23-16-25-45(37-43)68-72-53-33-14-10-29-49(53)64-59(76)78-39-41-20-5-2-6-21-41/h1-37H,38-39H2,(H,61,73)(H,62,74)(H,63,75)(H,64,76). The van der Waals surface area contributed by atoms with Gasteiger partial charge in [-0.15, -0.1) is 20.5 Å². The molecule has 4 amide bonds. The van der Waals surface area contributed by atoms with Gasteiger partial charge in [-0.25, -0.2) is 14.6 Å². The number of azo groups is 4. The van der Waals surface area contributed by atoms with Crippen LogP contribution in [0.25, 0.3) is 0 Å². The normalized spacial score (nSPS) is 11.2. The number of ether oxygens (including phenoxy) is 2. The number of nitrogens with zero attached hydrogens (tertiary/aromatic N) is 9. The van der Waals surface area contributed by atoms with Crippen molar-refractivity contribution in [3.05, 3.63) is 247 Å². The Bertz CT molecular complexity index is 3470. The summed E-state index contributed by atoms with van der Waals surface area (Å²) in [4.78, 5) is 56.7. The molecular formula is C59H45N13O6. The fourth-order valence-electron chi connectivity index (χ4n) is 7.15. The highest BCUT2D eigenvalue weighted by atomic mass is 16.6. The molecule has 0 saturated heterocycles. The zero-order valence-electron chi connectivity index (χ0n) is 41.3. The van der Waals surface area contributed by atoms with Gasteiger partial charge in [-0.3, -0.25) is 20.2 Å². The predicted molar refractivity (Wildman–Crippen MR) is 296 cm³/mol. The molecule has 0 saturated carbocycles. The lowest BCUT2D eigenvalue weighted by Crippen LogP contribution is -2.18. The van der Waals surface area contributed by atoms with Crippen molar-refractivity contribution in [2.45, 2.75) is 13.2 Å². The Morgan fingerprint density at radius 3 is 0.962 bits per heavy atom. The van der Waals surface area contributed by atoms with Crippen LogP contribution in [0.2, 0.25) is 0 Å². The number of amides is 4. The molecule has 382 valence electrons. The molecule has 8 aromatic carbocycles. The lowest BCUT2D eigenvalue weighted by Gasteiger charge is -2.09. The van der Waals surface area contributed by atoms with Crippen LogP contribution in [0.3, 0.4) is 0 Å². The lowest BCUT2D eigenvalue weighted by molar-refractivity contribution is 0.101. The fraction of sp³-hybridized carbons (Fsp3) is 0.0339. The van der Waals surface area contributed by atoms with Gasteiger partial charge < -0.3 is 20.1 Å². The van der Waals surface area contributed by atoms with Crippen LogP contribution in [0, 0.1) is 0 Å². The number of hydrogen-bond donors (Lipinski definition) is 4. The molecule has 0 aliphatic carbocycles. The average Bonchev–Trinajstić information content (AvgIpc) is 3.48. The highest BCUT2D eigenvalue weighted by Gasteiger charge is 2.16. The Labute approximate surface area is 446 Å². The van der Waals surface area contributed by atoms with Crippen LogP contribution in [0.4, 0.5) is 77.8 Å². The van der Waals surface area contributed by atoms with E-state index in [4.69, 9.17) is 9.47 Å². The molecule has 1 heterocycles. The largest absolute Gasteiger partial charge is 0.444 e. The minimum absolute atomic E-state index is 0.0283. The average molecular weight is 1030 g/mol. The minimum atomic E-state index is -0.633. The quantitative estimate of drug-likeness (QED) is 0.0605. The monoisotopic (exact) mass is 1030 g/mol. The maximum absolute atomic E-state index is 13.6. The van der Waals surface area contributed by atoms with Gasteiger partial charge in [0.15, 0.2) is 0 Å². The van der Waals surface area contributed by atoms with Gasteiger partial charge in [0, 0.05) is 0 Å². The van der Waals surface area contributed by atoms with Crippen LogP contribution in [0.15, 0.2) is 265 Å². The SMILES string of the molecule is O=C(Nc1ccccc1N=Nc1cccc(N=Nc2ccccc2NC(=O)c2cccc(C(=O)Nc3ccccc3N=Nc3cccc(N=Nc4ccccc4NC(=O)OCc4ccccc4)c3)n2)c1)OCc1ccccc1. The Morgan fingerprint density at radius 1 is 0.321 bits per heavy atom. The van der Waals surface area contributed by atoms with E-state index in [1.54, 1.807) is 152 Å². The second-order valence-electron chi connectivity index (χ2n) is 16.6. The molecule has 1 aromatic heterocycles. The first-order valence-corrected chi connectivity index (χ1v) is 24.1. The third-order valence-electron chi connectivity index (χ3n) is 11.0. The molecule has 0 unspecified atom stereocenters. The van der Waals surface area contributed by atoms with Crippen molar-refractivity contribution in [2.75, 3.05) is 21.3 Å². The number of benzene rings is 8. The van der Waals surface area contributed by atoms with Gasteiger partial charge in [0.1, 0.15) is 47.4 Å². The van der Waals surface area contributed by atoms with E-state index < -0.39 is 24.0 Å². The zero-order valence-corrected chi connectivity index (χ0v) is 41.3. The van der Waals surface area contributed by atoms with Gasteiger partial charge in [-0.1, -0.05) is 127 Å². The van der Waals surface area contributed by atoms with Crippen LogP contribution < -0.4 is 21.3 Å². The summed E-state index contributed by atoms with van der Waals surface area (Å²) in [6.45, 7) is 0.227. The molecule has 19 heteroatoms. The summed E-state index contributed by atoms with van der Waals surface area (Å²) in [6, 6.07) is 64.5. The van der Waals surface area contributed by atoms with Gasteiger partial charge in [-0.2, -0.15) is 20.5 Å². The van der Waals surface area contributed by atoms with Crippen molar-refractivity contribution in [3.8, 4) is 0 Å². The zero-order chi connectivity index (χ0) is 53.7. The number of carbonyl (C=O) groups excluding carboxylic acids is 4. The molecule has 0 aliphatic heterocycles. The van der Waals surface area contributed by atoms with E-state index in [9.17, 15) is 19.2 Å². The molecule has 9 aromatic rings. The van der Waals surface area contributed by atoms with Crippen LogP contribution in [-0.4, -0.2) is 29.0 Å². The Hall–Kier alpha value is -11.2. The number of hydrogen-bond acceptors (Lipinski definition) is 15. The molecule has 4 N–H and O–H groups in total.